The van der Waals surface area contributed by atoms with Crippen LogP contribution < -0.4 is 0 Å². The summed E-state index contributed by atoms with van der Waals surface area (Å²) in [5, 5.41) is 3.85. The van der Waals surface area contributed by atoms with Crippen molar-refractivity contribution >= 4 is 16.6 Å². The zero-order valence-electron chi connectivity index (χ0n) is 13.6. The molecule has 2 rings (SSSR count). The summed E-state index contributed by atoms with van der Waals surface area (Å²) in [6.07, 6.45) is -1.19. The van der Waals surface area contributed by atoms with Gasteiger partial charge in [-0.1, -0.05) is 5.11 Å². The van der Waals surface area contributed by atoms with Crippen molar-refractivity contribution in [1.82, 2.24) is 0 Å². The minimum Gasteiger partial charge on any atom is -0.411 e. The molecule has 0 spiro atoms. The first kappa shape index (κ1) is 16.9. The van der Waals surface area contributed by atoms with Crippen LogP contribution in [0.2, 0.25) is 39.3 Å². The first-order chi connectivity index (χ1) is 9.61. The second kappa shape index (κ2) is 6.00. The molecule has 2 aliphatic rings. The van der Waals surface area contributed by atoms with Gasteiger partial charge >= 0.3 is 0 Å². The van der Waals surface area contributed by atoms with E-state index in [1.807, 2.05) is 0 Å². The Kier molecular flexibility index (Phi) is 4.84. The molecule has 9 heteroatoms. The Morgan fingerprint density at radius 2 is 1.71 bits per heavy atom. The Labute approximate surface area is 127 Å². The van der Waals surface area contributed by atoms with Crippen LogP contribution in [0, 0.1) is 0 Å². The predicted octanol–water partition coefficient (Wildman–Crippen LogP) is 2.86. The van der Waals surface area contributed by atoms with Crippen molar-refractivity contribution in [2.75, 3.05) is 6.61 Å². The molecule has 0 radical (unpaired) electrons. The van der Waals surface area contributed by atoms with Gasteiger partial charge in [0.15, 0.2) is 22.9 Å². The molecular formula is C12H25N3O4Si2. The molecular weight excluding hydrogens is 306 g/mol. The van der Waals surface area contributed by atoms with Crippen molar-refractivity contribution in [2.24, 2.45) is 5.11 Å². The van der Waals surface area contributed by atoms with Crippen LogP contribution in [0.3, 0.4) is 0 Å². The minimum atomic E-state index is -1.80. The zero-order chi connectivity index (χ0) is 15.8. The summed E-state index contributed by atoms with van der Waals surface area (Å²) < 4.78 is 24.0. The summed E-state index contributed by atoms with van der Waals surface area (Å²) in [7, 11) is -3.52. The molecule has 2 bridgehead atoms. The maximum absolute atomic E-state index is 8.79. The standard InChI is InChI=1S/C12H25N3O4Si2/c1-20(2,3)18-8-7-16-12-9(14-15-13)11(10(8)17-12)19-21(4,5)6/h8-12H,7H2,1-6H3/t8-,9-,10-,11-,12-/m1/s1. The highest BCUT2D eigenvalue weighted by Crippen LogP contribution is 2.36. The molecule has 21 heavy (non-hydrogen) atoms. The smallest absolute Gasteiger partial charge is 0.184 e. The van der Waals surface area contributed by atoms with E-state index in [0.717, 1.165) is 0 Å². The van der Waals surface area contributed by atoms with Gasteiger partial charge in [-0.15, -0.1) is 0 Å². The van der Waals surface area contributed by atoms with Gasteiger partial charge in [0, 0.05) is 4.91 Å². The summed E-state index contributed by atoms with van der Waals surface area (Å²) in [4.78, 5) is 2.93. The molecule has 2 aliphatic heterocycles. The second-order valence-corrected chi connectivity index (χ2v) is 16.4. The summed E-state index contributed by atoms with van der Waals surface area (Å²) in [5.74, 6) is 0. The summed E-state index contributed by atoms with van der Waals surface area (Å²) >= 11 is 0. The number of azide groups is 1. The van der Waals surface area contributed by atoms with Gasteiger partial charge in [0.05, 0.1) is 18.8 Å². The van der Waals surface area contributed by atoms with E-state index < -0.39 is 29.0 Å². The van der Waals surface area contributed by atoms with Crippen LogP contribution in [0.1, 0.15) is 0 Å². The SMILES string of the molecule is C[Si](C)(C)O[C@@H]1[C@@H](N=[N+]=[N-])[C@@H]2OC[C@@H](O[Si](C)(C)C)[C@H]1O2. The lowest BCUT2D eigenvalue weighted by Crippen LogP contribution is -2.50. The van der Waals surface area contributed by atoms with E-state index in [0.29, 0.717) is 6.61 Å². The fourth-order valence-corrected chi connectivity index (χ4v) is 4.86. The molecule has 0 aromatic rings. The van der Waals surface area contributed by atoms with Crippen LogP contribution in [0.25, 0.3) is 10.4 Å². The Bertz CT molecular complexity index is 431. The molecule has 120 valence electrons. The van der Waals surface area contributed by atoms with Crippen LogP contribution in [0.15, 0.2) is 5.11 Å². The third kappa shape index (κ3) is 4.29. The predicted molar refractivity (Wildman–Crippen MR) is 84.0 cm³/mol. The van der Waals surface area contributed by atoms with Crippen molar-refractivity contribution < 1.29 is 18.3 Å². The summed E-state index contributed by atoms with van der Waals surface area (Å²) in [6, 6.07) is -0.443. The van der Waals surface area contributed by atoms with Crippen molar-refractivity contribution in [2.45, 2.75) is 69.9 Å². The maximum atomic E-state index is 8.79. The van der Waals surface area contributed by atoms with E-state index >= 15 is 0 Å². The van der Waals surface area contributed by atoms with Gasteiger partial charge < -0.3 is 18.3 Å². The first-order valence-electron chi connectivity index (χ1n) is 7.28. The van der Waals surface area contributed by atoms with Crippen LogP contribution in [-0.2, 0) is 18.3 Å². The number of rotatable bonds is 5. The highest BCUT2D eigenvalue weighted by molar-refractivity contribution is 6.70. The molecule has 0 aromatic heterocycles. The lowest BCUT2D eigenvalue weighted by Gasteiger charge is -2.36. The van der Waals surface area contributed by atoms with Gasteiger partial charge in [0.2, 0.25) is 0 Å². The van der Waals surface area contributed by atoms with Gasteiger partial charge in [-0.05, 0) is 44.8 Å². The van der Waals surface area contributed by atoms with E-state index in [1.165, 1.54) is 0 Å². The number of hydrogen-bond acceptors (Lipinski definition) is 5. The molecule has 0 unspecified atom stereocenters. The highest BCUT2D eigenvalue weighted by atomic mass is 28.4. The number of fused-ring (bicyclic) bond motifs is 2. The first-order valence-corrected chi connectivity index (χ1v) is 14.1. The lowest BCUT2D eigenvalue weighted by molar-refractivity contribution is -0.218. The van der Waals surface area contributed by atoms with Gasteiger partial charge in [-0.3, -0.25) is 0 Å². The Balaban J connectivity index is 2.21. The molecule has 7 nitrogen and oxygen atoms in total. The Morgan fingerprint density at radius 1 is 1.10 bits per heavy atom. The Morgan fingerprint density at radius 3 is 2.24 bits per heavy atom. The summed E-state index contributed by atoms with van der Waals surface area (Å²) in [5.41, 5.74) is 8.79. The lowest BCUT2D eigenvalue weighted by atomic mass is 10.1. The zero-order valence-corrected chi connectivity index (χ0v) is 15.6. The van der Waals surface area contributed by atoms with Crippen molar-refractivity contribution in [1.29, 1.82) is 0 Å². The molecule has 0 aliphatic carbocycles. The molecule has 0 amide bonds. The van der Waals surface area contributed by atoms with E-state index in [9.17, 15) is 0 Å². The van der Waals surface area contributed by atoms with Gasteiger partial charge in [-0.2, -0.15) is 0 Å². The average Bonchev–Trinajstić information content (AvgIpc) is 2.56. The van der Waals surface area contributed by atoms with Crippen LogP contribution >= 0.6 is 0 Å². The number of nitrogens with zero attached hydrogens (tertiary/aromatic N) is 3. The van der Waals surface area contributed by atoms with Gasteiger partial charge in [-0.25, -0.2) is 0 Å². The summed E-state index contributed by atoms with van der Waals surface area (Å²) in [6.45, 7) is 13.2. The fourth-order valence-electron chi connectivity index (χ4n) is 2.66. The highest BCUT2D eigenvalue weighted by Gasteiger charge is 2.54. The topological polar surface area (TPSA) is 85.7 Å². The minimum absolute atomic E-state index is 0.159. The van der Waals surface area contributed by atoms with E-state index in [1.54, 1.807) is 0 Å². The van der Waals surface area contributed by atoms with Crippen LogP contribution in [0.4, 0.5) is 0 Å². The van der Waals surface area contributed by atoms with E-state index in [2.05, 4.69) is 49.3 Å². The van der Waals surface area contributed by atoms with Crippen molar-refractivity contribution in [3.05, 3.63) is 10.4 Å². The quantitative estimate of drug-likeness (QED) is 0.335. The average molecular weight is 332 g/mol. The molecule has 5 atom stereocenters. The molecule has 2 heterocycles. The number of hydrogen-bond donors (Lipinski definition) is 0. The molecule has 0 aromatic carbocycles. The van der Waals surface area contributed by atoms with E-state index in [-0.39, 0.29) is 18.3 Å². The molecule has 2 saturated heterocycles. The third-order valence-electron chi connectivity index (χ3n) is 3.20. The Hall–Kier alpha value is -0.416. The van der Waals surface area contributed by atoms with Gasteiger partial charge in [0.1, 0.15) is 12.1 Å². The van der Waals surface area contributed by atoms with E-state index in [4.69, 9.17) is 23.9 Å². The molecule has 2 fully saturated rings. The molecule has 0 saturated carbocycles. The van der Waals surface area contributed by atoms with Crippen molar-refractivity contribution in [3.8, 4) is 0 Å². The second-order valence-electron chi connectivity index (χ2n) is 7.46. The number of ether oxygens (including phenoxy) is 2. The van der Waals surface area contributed by atoms with Gasteiger partial charge in [0.25, 0.3) is 0 Å². The third-order valence-corrected chi connectivity index (χ3v) is 5.19. The largest absolute Gasteiger partial charge is 0.411 e. The van der Waals surface area contributed by atoms with Crippen LogP contribution in [-0.4, -0.2) is 53.9 Å². The normalized spacial score (nSPS) is 36.4. The maximum Gasteiger partial charge on any atom is 0.184 e. The van der Waals surface area contributed by atoms with Crippen LogP contribution in [0.5, 0.6) is 0 Å². The van der Waals surface area contributed by atoms with Crippen molar-refractivity contribution in [3.63, 3.8) is 0 Å². The molecule has 0 N–H and O–H groups in total. The fraction of sp³-hybridized carbons (Fsp3) is 1.00. The monoisotopic (exact) mass is 331 g/mol.